The van der Waals surface area contributed by atoms with Crippen molar-refractivity contribution in [3.8, 4) is 0 Å². The van der Waals surface area contributed by atoms with Gasteiger partial charge in [-0.3, -0.25) is 14.6 Å². The van der Waals surface area contributed by atoms with Crippen LogP contribution in [0.3, 0.4) is 0 Å². The molecule has 0 bridgehead atoms. The van der Waals surface area contributed by atoms with E-state index in [1.54, 1.807) is 24.3 Å². The van der Waals surface area contributed by atoms with Gasteiger partial charge in [0.2, 0.25) is 0 Å². The van der Waals surface area contributed by atoms with Gasteiger partial charge in [-0.05, 0) is 54.8 Å². The first-order valence-corrected chi connectivity index (χ1v) is 8.88. The van der Waals surface area contributed by atoms with Crippen LogP contribution >= 0.6 is 0 Å². The first-order chi connectivity index (χ1) is 13.5. The minimum Gasteiger partial charge on any atom is -0.352 e. The van der Waals surface area contributed by atoms with Crippen LogP contribution in [0.2, 0.25) is 0 Å². The van der Waals surface area contributed by atoms with Crippen LogP contribution < -0.4 is 10.6 Å². The highest BCUT2D eigenvalue weighted by molar-refractivity contribution is 6.04. The molecule has 0 radical (unpaired) electrons. The fraction of sp³-hybridized carbons (Fsp3) is 0.136. The van der Waals surface area contributed by atoms with Gasteiger partial charge in [-0.1, -0.05) is 30.3 Å². The predicted octanol–water partition coefficient (Wildman–Crippen LogP) is 3.75. The van der Waals surface area contributed by atoms with E-state index < -0.39 is 5.91 Å². The van der Waals surface area contributed by atoms with Crippen molar-refractivity contribution in [1.82, 2.24) is 10.3 Å². The van der Waals surface area contributed by atoms with Crippen molar-refractivity contribution < 1.29 is 14.0 Å². The van der Waals surface area contributed by atoms with Gasteiger partial charge in [0, 0.05) is 24.0 Å². The lowest BCUT2D eigenvalue weighted by Crippen LogP contribution is -2.26. The number of carbonyl (C=O) groups is 2. The van der Waals surface area contributed by atoms with Crippen LogP contribution in [0.1, 0.15) is 32.0 Å². The Balaban J connectivity index is 1.61. The number of aromatic nitrogens is 1. The van der Waals surface area contributed by atoms with E-state index in [4.69, 9.17) is 0 Å². The number of aryl methyl sites for hydroxylation is 1. The van der Waals surface area contributed by atoms with Crippen LogP contribution in [0.4, 0.5) is 10.1 Å². The molecule has 6 heteroatoms. The zero-order valence-electron chi connectivity index (χ0n) is 15.4. The van der Waals surface area contributed by atoms with Crippen molar-refractivity contribution in [2.24, 2.45) is 0 Å². The number of benzene rings is 2. The van der Waals surface area contributed by atoms with Gasteiger partial charge in [-0.25, -0.2) is 4.39 Å². The molecule has 28 heavy (non-hydrogen) atoms. The Morgan fingerprint density at radius 1 is 1.00 bits per heavy atom. The van der Waals surface area contributed by atoms with Crippen LogP contribution in [0.25, 0.3) is 0 Å². The molecule has 2 aromatic carbocycles. The number of amides is 2. The van der Waals surface area contributed by atoms with Crippen LogP contribution in [0.15, 0.2) is 66.9 Å². The Bertz CT molecular complexity index is 1000. The Morgan fingerprint density at radius 3 is 2.61 bits per heavy atom. The van der Waals surface area contributed by atoms with Crippen LogP contribution in [-0.4, -0.2) is 23.3 Å². The van der Waals surface area contributed by atoms with Gasteiger partial charge in [0.15, 0.2) is 0 Å². The number of halogens is 1. The van der Waals surface area contributed by atoms with E-state index in [9.17, 15) is 14.0 Å². The Kier molecular flexibility index (Phi) is 6.11. The standard InChI is InChI=1S/C22H20FN3O2/c1-15-5-4-7-18(13-15)26-22(28)20-14-17(10-11-24-20)21(27)25-12-9-16-6-2-3-8-19(16)23/h2-8,10-11,13-14H,9,12H2,1H3,(H,25,27)(H,26,28). The molecule has 1 heterocycles. The molecule has 0 saturated carbocycles. The quantitative estimate of drug-likeness (QED) is 0.687. The predicted molar refractivity (Wildman–Crippen MR) is 106 cm³/mol. The number of pyridine rings is 1. The molecule has 5 nitrogen and oxygen atoms in total. The molecule has 0 spiro atoms. The first kappa shape index (κ1) is 19.2. The normalized spacial score (nSPS) is 10.4. The van der Waals surface area contributed by atoms with Crippen LogP contribution in [0.5, 0.6) is 0 Å². The summed E-state index contributed by atoms with van der Waals surface area (Å²) in [6.45, 7) is 2.22. The molecular weight excluding hydrogens is 357 g/mol. The summed E-state index contributed by atoms with van der Waals surface area (Å²) < 4.78 is 13.6. The lowest BCUT2D eigenvalue weighted by Gasteiger charge is -2.08. The average molecular weight is 377 g/mol. The van der Waals surface area contributed by atoms with E-state index in [2.05, 4.69) is 15.6 Å². The summed E-state index contributed by atoms with van der Waals surface area (Å²) in [6, 6.07) is 16.8. The molecular formula is C22H20FN3O2. The molecule has 0 unspecified atom stereocenters. The number of rotatable bonds is 6. The minimum absolute atomic E-state index is 0.142. The van der Waals surface area contributed by atoms with E-state index in [0.29, 0.717) is 23.2 Å². The first-order valence-electron chi connectivity index (χ1n) is 8.88. The highest BCUT2D eigenvalue weighted by atomic mass is 19.1. The molecule has 0 aliphatic rings. The maximum Gasteiger partial charge on any atom is 0.274 e. The minimum atomic E-state index is -0.397. The SMILES string of the molecule is Cc1cccc(NC(=O)c2cc(C(=O)NCCc3ccccc3F)ccn2)c1. The molecule has 0 fully saturated rings. The number of carbonyl (C=O) groups excluding carboxylic acids is 2. The molecule has 3 rings (SSSR count). The Hall–Kier alpha value is -3.54. The van der Waals surface area contributed by atoms with Gasteiger partial charge in [-0.15, -0.1) is 0 Å². The second kappa shape index (κ2) is 8.90. The molecule has 2 amide bonds. The average Bonchev–Trinajstić information content (AvgIpc) is 2.69. The Morgan fingerprint density at radius 2 is 1.82 bits per heavy atom. The lowest BCUT2D eigenvalue weighted by molar-refractivity contribution is 0.0954. The third-order valence-corrected chi connectivity index (χ3v) is 4.17. The monoisotopic (exact) mass is 377 g/mol. The molecule has 1 aromatic heterocycles. The summed E-state index contributed by atoms with van der Waals surface area (Å²) in [5, 5.41) is 5.49. The smallest absolute Gasteiger partial charge is 0.274 e. The molecule has 2 N–H and O–H groups in total. The molecule has 142 valence electrons. The van der Waals surface area contributed by atoms with Crippen LogP contribution in [0, 0.1) is 12.7 Å². The highest BCUT2D eigenvalue weighted by Crippen LogP contribution is 2.12. The molecule has 0 saturated heterocycles. The third-order valence-electron chi connectivity index (χ3n) is 4.17. The largest absolute Gasteiger partial charge is 0.352 e. The summed E-state index contributed by atoms with van der Waals surface area (Å²) in [4.78, 5) is 28.8. The number of nitrogens with zero attached hydrogens (tertiary/aromatic N) is 1. The van der Waals surface area contributed by atoms with Crippen molar-refractivity contribution in [1.29, 1.82) is 0 Å². The summed E-state index contributed by atoms with van der Waals surface area (Å²) in [6.07, 6.45) is 1.79. The van der Waals surface area contributed by atoms with Gasteiger partial charge in [0.25, 0.3) is 11.8 Å². The van der Waals surface area contributed by atoms with Gasteiger partial charge in [-0.2, -0.15) is 0 Å². The van der Waals surface area contributed by atoms with Gasteiger partial charge >= 0.3 is 0 Å². The van der Waals surface area contributed by atoms with Crippen molar-refractivity contribution >= 4 is 17.5 Å². The second-order valence-corrected chi connectivity index (χ2v) is 6.35. The maximum atomic E-state index is 13.6. The van der Waals surface area contributed by atoms with Crippen molar-refractivity contribution in [2.75, 3.05) is 11.9 Å². The summed E-state index contributed by atoms with van der Waals surface area (Å²) in [5.74, 6) is -1.04. The molecule has 0 aliphatic carbocycles. The topological polar surface area (TPSA) is 71.1 Å². The van der Waals surface area contributed by atoms with E-state index in [1.165, 1.54) is 24.4 Å². The summed E-state index contributed by atoms with van der Waals surface area (Å²) in [5.41, 5.74) is 2.68. The van der Waals surface area contributed by atoms with Gasteiger partial charge in [0.05, 0.1) is 0 Å². The fourth-order valence-electron chi connectivity index (χ4n) is 2.73. The van der Waals surface area contributed by atoms with E-state index in [-0.39, 0.29) is 24.0 Å². The van der Waals surface area contributed by atoms with Crippen molar-refractivity contribution in [2.45, 2.75) is 13.3 Å². The Labute approximate surface area is 162 Å². The van der Waals surface area contributed by atoms with Crippen molar-refractivity contribution in [3.05, 3.63) is 95.1 Å². The molecule has 3 aromatic rings. The zero-order chi connectivity index (χ0) is 19.9. The van der Waals surface area contributed by atoms with E-state index >= 15 is 0 Å². The molecule has 0 aliphatic heterocycles. The molecule has 0 atom stereocenters. The number of anilines is 1. The van der Waals surface area contributed by atoms with Gasteiger partial charge < -0.3 is 10.6 Å². The third kappa shape index (κ3) is 5.01. The van der Waals surface area contributed by atoms with Crippen molar-refractivity contribution in [3.63, 3.8) is 0 Å². The zero-order valence-corrected chi connectivity index (χ0v) is 15.4. The second-order valence-electron chi connectivity index (χ2n) is 6.35. The van der Waals surface area contributed by atoms with E-state index in [0.717, 1.165) is 5.56 Å². The summed E-state index contributed by atoms with van der Waals surface area (Å²) >= 11 is 0. The summed E-state index contributed by atoms with van der Waals surface area (Å²) in [7, 11) is 0. The van der Waals surface area contributed by atoms with Crippen LogP contribution in [-0.2, 0) is 6.42 Å². The number of nitrogens with one attached hydrogen (secondary N) is 2. The lowest BCUT2D eigenvalue weighted by atomic mass is 10.1. The fourth-order valence-corrected chi connectivity index (χ4v) is 2.73. The van der Waals surface area contributed by atoms with Gasteiger partial charge in [0.1, 0.15) is 11.5 Å². The number of hydrogen-bond acceptors (Lipinski definition) is 3. The number of hydrogen-bond donors (Lipinski definition) is 2. The van der Waals surface area contributed by atoms with E-state index in [1.807, 2.05) is 25.1 Å². The maximum absolute atomic E-state index is 13.6. The highest BCUT2D eigenvalue weighted by Gasteiger charge is 2.12.